The zero-order chi connectivity index (χ0) is 13.8. The van der Waals surface area contributed by atoms with Gasteiger partial charge in [0.25, 0.3) is 0 Å². The molecule has 5 heteroatoms. The van der Waals surface area contributed by atoms with Crippen LogP contribution < -0.4 is 11.1 Å². The third-order valence-corrected chi connectivity index (χ3v) is 4.35. The highest BCUT2D eigenvalue weighted by molar-refractivity contribution is 6.05. The van der Waals surface area contributed by atoms with Gasteiger partial charge in [-0.15, -0.1) is 0 Å². The van der Waals surface area contributed by atoms with Gasteiger partial charge in [0.2, 0.25) is 5.91 Å². The third kappa shape index (κ3) is 2.94. The van der Waals surface area contributed by atoms with Gasteiger partial charge in [0.05, 0.1) is 0 Å². The minimum Gasteiger partial charge on any atom is -0.409 e. The minimum absolute atomic E-state index is 0.0584. The summed E-state index contributed by atoms with van der Waals surface area (Å²) in [5.74, 6) is -0.241. The number of hydrogen-bond acceptors (Lipinski definition) is 3. The Hall–Kier alpha value is -1.26. The van der Waals surface area contributed by atoms with E-state index >= 15 is 0 Å². The molecule has 1 aliphatic carbocycles. The molecule has 4 N–H and O–H groups in total. The van der Waals surface area contributed by atoms with E-state index in [1.807, 2.05) is 0 Å². The number of nitrogens with one attached hydrogen (secondary N) is 1. The van der Waals surface area contributed by atoms with Gasteiger partial charge in [-0.3, -0.25) is 4.79 Å². The predicted octanol–water partition coefficient (Wildman–Crippen LogP) is 1.85. The Morgan fingerprint density at radius 1 is 1.44 bits per heavy atom. The average molecular weight is 255 g/mol. The molecular weight excluding hydrogens is 230 g/mol. The number of nitrogens with two attached hydrogens (primary N) is 1. The Morgan fingerprint density at radius 3 is 2.44 bits per heavy atom. The molecule has 0 unspecified atom stereocenters. The van der Waals surface area contributed by atoms with Crippen molar-refractivity contribution in [3.8, 4) is 0 Å². The van der Waals surface area contributed by atoms with Crippen LogP contribution in [0.1, 0.15) is 52.9 Å². The van der Waals surface area contributed by atoms with Crippen LogP contribution in [0.3, 0.4) is 0 Å². The van der Waals surface area contributed by atoms with Crippen LogP contribution >= 0.6 is 0 Å². The van der Waals surface area contributed by atoms with E-state index in [1.54, 1.807) is 13.8 Å². The first kappa shape index (κ1) is 14.8. The second kappa shape index (κ2) is 5.59. The molecule has 0 heterocycles. The summed E-state index contributed by atoms with van der Waals surface area (Å²) in [6, 6.07) is 0. The van der Waals surface area contributed by atoms with E-state index in [-0.39, 0.29) is 17.2 Å². The summed E-state index contributed by atoms with van der Waals surface area (Å²) in [5.41, 5.74) is 4.82. The summed E-state index contributed by atoms with van der Waals surface area (Å²) in [5, 5.41) is 14.6. The minimum atomic E-state index is -0.970. The van der Waals surface area contributed by atoms with E-state index in [2.05, 4.69) is 17.4 Å². The van der Waals surface area contributed by atoms with Crippen molar-refractivity contribution < 1.29 is 10.0 Å². The van der Waals surface area contributed by atoms with Gasteiger partial charge >= 0.3 is 0 Å². The van der Waals surface area contributed by atoms with Gasteiger partial charge in [-0.25, -0.2) is 0 Å². The molecule has 0 radical (unpaired) electrons. The lowest BCUT2D eigenvalue weighted by molar-refractivity contribution is -0.126. The summed E-state index contributed by atoms with van der Waals surface area (Å²) in [6.45, 7) is 6.17. The molecule has 104 valence electrons. The van der Waals surface area contributed by atoms with Crippen molar-refractivity contribution >= 4 is 11.7 Å². The number of carbonyl (C=O) groups is 1. The molecule has 0 bridgehead atoms. The van der Waals surface area contributed by atoms with Gasteiger partial charge in [0.1, 0.15) is 5.41 Å². The molecule has 1 amide bonds. The maximum atomic E-state index is 12.1. The molecule has 1 fully saturated rings. The third-order valence-electron chi connectivity index (χ3n) is 4.35. The van der Waals surface area contributed by atoms with Gasteiger partial charge < -0.3 is 16.3 Å². The molecule has 0 aromatic carbocycles. The number of amidine groups is 1. The lowest BCUT2D eigenvalue weighted by Crippen LogP contribution is -2.48. The number of carbonyl (C=O) groups excluding carboxylic acids is 1. The summed E-state index contributed by atoms with van der Waals surface area (Å²) in [7, 11) is 0. The molecule has 0 saturated heterocycles. The maximum absolute atomic E-state index is 12.1. The quantitative estimate of drug-likeness (QED) is 0.303. The van der Waals surface area contributed by atoms with Crippen LogP contribution in [0.15, 0.2) is 5.16 Å². The highest BCUT2D eigenvalue weighted by atomic mass is 16.4. The van der Waals surface area contributed by atoms with E-state index in [0.29, 0.717) is 6.54 Å². The van der Waals surface area contributed by atoms with Crippen LogP contribution in [0.2, 0.25) is 0 Å². The summed E-state index contributed by atoms with van der Waals surface area (Å²) in [4.78, 5) is 12.1. The van der Waals surface area contributed by atoms with Crippen LogP contribution in [0.25, 0.3) is 0 Å². The van der Waals surface area contributed by atoms with Crippen molar-refractivity contribution in [2.24, 2.45) is 21.7 Å². The van der Waals surface area contributed by atoms with Gasteiger partial charge in [-0.2, -0.15) is 0 Å². The second-order valence-corrected chi connectivity index (χ2v) is 5.85. The van der Waals surface area contributed by atoms with Gasteiger partial charge in [-0.05, 0) is 38.5 Å². The first-order chi connectivity index (χ1) is 8.38. The average Bonchev–Trinajstić information content (AvgIpc) is 2.84. The molecule has 1 saturated carbocycles. The molecule has 0 atom stereocenters. The van der Waals surface area contributed by atoms with Crippen molar-refractivity contribution in [3.63, 3.8) is 0 Å². The Labute approximate surface area is 109 Å². The summed E-state index contributed by atoms with van der Waals surface area (Å²) < 4.78 is 0. The second-order valence-electron chi connectivity index (χ2n) is 5.85. The molecule has 0 aliphatic heterocycles. The number of nitrogens with zero attached hydrogens (tertiary/aromatic N) is 1. The van der Waals surface area contributed by atoms with Crippen LogP contribution in [-0.4, -0.2) is 23.5 Å². The fraction of sp³-hybridized carbons (Fsp3) is 0.846. The fourth-order valence-electron chi connectivity index (χ4n) is 2.51. The first-order valence-electron chi connectivity index (χ1n) is 6.64. The van der Waals surface area contributed by atoms with Crippen LogP contribution in [0, 0.1) is 10.8 Å². The monoisotopic (exact) mass is 255 g/mol. The first-order valence-corrected chi connectivity index (χ1v) is 6.64. The van der Waals surface area contributed by atoms with Crippen molar-refractivity contribution in [1.29, 1.82) is 0 Å². The van der Waals surface area contributed by atoms with Gasteiger partial charge in [0, 0.05) is 6.54 Å². The molecule has 18 heavy (non-hydrogen) atoms. The molecule has 1 aliphatic rings. The predicted molar refractivity (Wildman–Crippen MR) is 71.4 cm³/mol. The molecule has 5 nitrogen and oxygen atoms in total. The zero-order valence-corrected chi connectivity index (χ0v) is 11.6. The van der Waals surface area contributed by atoms with Crippen LogP contribution in [-0.2, 0) is 4.79 Å². The lowest BCUT2D eigenvalue weighted by Gasteiger charge is -2.30. The highest BCUT2D eigenvalue weighted by Crippen LogP contribution is 2.40. The smallest absolute Gasteiger partial charge is 0.233 e. The number of rotatable bonds is 5. The number of hydrogen-bond donors (Lipinski definition) is 3. The van der Waals surface area contributed by atoms with Crippen LogP contribution in [0.5, 0.6) is 0 Å². The summed E-state index contributed by atoms with van der Waals surface area (Å²) >= 11 is 0. The van der Waals surface area contributed by atoms with E-state index in [0.717, 1.165) is 6.42 Å². The molecule has 0 aromatic rings. The van der Waals surface area contributed by atoms with Gasteiger partial charge in [-0.1, -0.05) is 24.9 Å². The Kier molecular flexibility index (Phi) is 4.59. The molecule has 0 aromatic heterocycles. The van der Waals surface area contributed by atoms with Gasteiger partial charge in [0.15, 0.2) is 5.84 Å². The molecular formula is C13H25N3O2. The van der Waals surface area contributed by atoms with Crippen molar-refractivity contribution in [1.82, 2.24) is 5.32 Å². The zero-order valence-electron chi connectivity index (χ0n) is 11.6. The SMILES string of the molecule is CCC1(CNC(=O)C(C)(C)C(N)=NO)CCCC1. The Balaban J connectivity index is 2.60. The Bertz CT molecular complexity index is 331. The van der Waals surface area contributed by atoms with E-state index in [4.69, 9.17) is 10.9 Å². The standard InChI is InChI=1S/C13H25N3O2/c1-4-13(7-5-6-8-13)9-15-11(17)12(2,3)10(14)16-18/h18H,4-9H2,1-3H3,(H2,14,16)(H,15,17). The largest absolute Gasteiger partial charge is 0.409 e. The fourth-order valence-corrected chi connectivity index (χ4v) is 2.51. The molecule has 0 spiro atoms. The van der Waals surface area contributed by atoms with Crippen molar-refractivity contribution in [3.05, 3.63) is 0 Å². The van der Waals surface area contributed by atoms with E-state index < -0.39 is 5.41 Å². The Morgan fingerprint density at radius 2 is 2.00 bits per heavy atom. The normalized spacial score (nSPS) is 19.8. The maximum Gasteiger partial charge on any atom is 0.233 e. The lowest BCUT2D eigenvalue weighted by atomic mass is 9.82. The highest BCUT2D eigenvalue weighted by Gasteiger charge is 2.36. The molecule has 1 rings (SSSR count). The van der Waals surface area contributed by atoms with E-state index in [9.17, 15) is 4.79 Å². The number of amides is 1. The van der Waals surface area contributed by atoms with E-state index in [1.165, 1.54) is 25.7 Å². The topological polar surface area (TPSA) is 87.7 Å². The van der Waals surface area contributed by atoms with Crippen molar-refractivity contribution in [2.45, 2.75) is 52.9 Å². The van der Waals surface area contributed by atoms with Crippen molar-refractivity contribution in [2.75, 3.05) is 6.54 Å². The number of oxime groups is 1. The summed E-state index contributed by atoms with van der Waals surface area (Å²) in [6.07, 6.45) is 5.92. The van der Waals surface area contributed by atoms with Crippen LogP contribution in [0.4, 0.5) is 0 Å².